The van der Waals surface area contributed by atoms with E-state index in [9.17, 15) is 26.0 Å². The van der Waals surface area contributed by atoms with Crippen molar-refractivity contribution in [2.24, 2.45) is 5.92 Å². The molecule has 2 aromatic rings. The zero-order valence-corrected chi connectivity index (χ0v) is 26.9. The monoisotopic (exact) mass is 662 g/mol. The molecule has 1 amide bonds. The first-order chi connectivity index (χ1) is 19.8. The summed E-state index contributed by atoms with van der Waals surface area (Å²) in [6.07, 6.45) is 4.08. The van der Waals surface area contributed by atoms with Gasteiger partial charge in [0.05, 0.1) is 21.2 Å². The van der Waals surface area contributed by atoms with Gasteiger partial charge in [-0.15, -0.1) is 0 Å². The van der Waals surface area contributed by atoms with Crippen LogP contribution < -0.4 is 4.90 Å². The average molecular weight is 664 g/mol. The van der Waals surface area contributed by atoms with Crippen molar-refractivity contribution >= 4 is 54.8 Å². The molecule has 2 aromatic carbocycles. The van der Waals surface area contributed by atoms with Crippen molar-refractivity contribution in [2.75, 3.05) is 57.5 Å². The Labute approximate surface area is 258 Å². The van der Waals surface area contributed by atoms with Gasteiger partial charge in [0.2, 0.25) is 26.0 Å². The van der Waals surface area contributed by atoms with Crippen LogP contribution >= 0.6 is 23.2 Å². The predicted molar refractivity (Wildman–Crippen MR) is 163 cm³/mol. The lowest BCUT2D eigenvalue weighted by molar-refractivity contribution is -0.123. The fourth-order valence-electron chi connectivity index (χ4n) is 5.60. The summed E-state index contributed by atoms with van der Waals surface area (Å²) in [5.74, 6) is -0.846. The van der Waals surface area contributed by atoms with E-state index in [-0.39, 0.29) is 22.8 Å². The van der Waals surface area contributed by atoms with Gasteiger partial charge in [0.1, 0.15) is 5.82 Å². The van der Waals surface area contributed by atoms with Gasteiger partial charge in [-0.3, -0.25) is 4.79 Å². The van der Waals surface area contributed by atoms with Crippen LogP contribution in [0, 0.1) is 11.7 Å². The number of nitrogens with zero attached hydrogens (tertiary/aromatic N) is 4. The van der Waals surface area contributed by atoms with Crippen LogP contribution in [-0.2, 0) is 24.8 Å². The Kier molecular flexibility index (Phi) is 10.9. The summed E-state index contributed by atoms with van der Waals surface area (Å²) in [6, 6.07) is 9.80. The maximum Gasteiger partial charge on any atom is 0.243 e. The van der Waals surface area contributed by atoms with E-state index in [1.54, 1.807) is 30.1 Å². The lowest BCUT2D eigenvalue weighted by Crippen LogP contribution is -2.46. The van der Waals surface area contributed by atoms with Crippen LogP contribution in [0.1, 0.15) is 32.1 Å². The number of sulfonamides is 2. The highest BCUT2D eigenvalue weighted by Crippen LogP contribution is 2.30. The van der Waals surface area contributed by atoms with Gasteiger partial charge in [0.15, 0.2) is 0 Å². The number of carbonyl (C=O) groups excluding carboxylic acids is 1. The van der Waals surface area contributed by atoms with E-state index < -0.39 is 25.9 Å². The summed E-state index contributed by atoms with van der Waals surface area (Å²) in [7, 11) is -5.45. The number of carbonyl (C=O) groups is 1. The smallest absolute Gasteiger partial charge is 0.243 e. The first-order valence-electron chi connectivity index (χ1n) is 13.9. The first kappa shape index (κ1) is 33.1. The molecule has 4 rings (SSSR count). The van der Waals surface area contributed by atoms with Crippen LogP contribution in [0.3, 0.4) is 0 Å². The number of piperidine rings is 2. The Hall–Kier alpha value is -1.80. The number of halogens is 3. The molecule has 232 valence electrons. The fourth-order valence-corrected chi connectivity index (χ4v) is 8.18. The predicted octanol–water partition coefficient (Wildman–Crippen LogP) is 4.31. The van der Waals surface area contributed by atoms with Crippen molar-refractivity contribution in [1.82, 2.24) is 13.5 Å². The van der Waals surface area contributed by atoms with Gasteiger partial charge in [-0.25, -0.2) is 25.5 Å². The van der Waals surface area contributed by atoms with E-state index >= 15 is 0 Å². The van der Waals surface area contributed by atoms with Gasteiger partial charge in [-0.2, -0.15) is 4.31 Å². The minimum Gasteiger partial charge on any atom is -0.312 e. The second-order valence-corrected chi connectivity index (χ2v) is 15.7. The third-order valence-corrected chi connectivity index (χ3v) is 12.1. The van der Waals surface area contributed by atoms with Gasteiger partial charge in [0.25, 0.3) is 0 Å². The summed E-state index contributed by atoms with van der Waals surface area (Å²) in [5, 5.41) is 0.740. The summed E-state index contributed by atoms with van der Waals surface area (Å²) >= 11 is 12.4. The van der Waals surface area contributed by atoms with Gasteiger partial charge < -0.3 is 9.80 Å². The Bertz CT molecular complexity index is 1460. The van der Waals surface area contributed by atoms with Crippen LogP contribution in [0.25, 0.3) is 0 Å². The molecule has 0 aliphatic carbocycles. The van der Waals surface area contributed by atoms with Gasteiger partial charge in [-0.1, -0.05) is 23.2 Å². The maximum absolute atomic E-state index is 13.7. The number of rotatable bonds is 10. The largest absolute Gasteiger partial charge is 0.312 e. The van der Waals surface area contributed by atoms with Crippen molar-refractivity contribution in [2.45, 2.75) is 43.0 Å². The molecule has 0 N–H and O–H groups in total. The van der Waals surface area contributed by atoms with Crippen LogP contribution in [0.2, 0.25) is 10.0 Å². The molecule has 0 atom stereocenters. The van der Waals surface area contributed by atoms with Gasteiger partial charge in [0, 0.05) is 44.3 Å². The zero-order valence-electron chi connectivity index (χ0n) is 23.8. The van der Waals surface area contributed by atoms with Crippen LogP contribution in [0.15, 0.2) is 47.4 Å². The summed E-state index contributed by atoms with van der Waals surface area (Å²) in [4.78, 5) is 17.7. The number of anilines is 1. The minimum atomic E-state index is -3.72. The molecule has 2 fully saturated rings. The van der Waals surface area contributed by atoms with E-state index in [1.165, 1.54) is 27.0 Å². The molecule has 9 nitrogen and oxygen atoms in total. The number of likely N-dealkylation sites (tertiary alicyclic amines) is 1. The van der Waals surface area contributed by atoms with Crippen molar-refractivity contribution in [3.8, 4) is 0 Å². The molecule has 42 heavy (non-hydrogen) atoms. The summed E-state index contributed by atoms with van der Waals surface area (Å²) in [6.45, 7) is 3.20. The van der Waals surface area contributed by atoms with E-state index in [0.717, 1.165) is 18.7 Å². The molecule has 0 spiro atoms. The highest BCUT2D eigenvalue weighted by atomic mass is 35.5. The molecule has 2 aliphatic heterocycles. The molecular formula is C28H37Cl2FN4O5S2. The van der Waals surface area contributed by atoms with Crippen molar-refractivity contribution in [1.29, 1.82) is 0 Å². The molecule has 2 heterocycles. The fraction of sp³-hybridized carbons (Fsp3) is 0.536. The molecule has 0 saturated carbocycles. The van der Waals surface area contributed by atoms with E-state index in [4.69, 9.17) is 23.2 Å². The number of hydrogen-bond donors (Lipinski definition) is 0. The molecule has 0 bridgehead atoms. The molecule has 2 saturated heterocycles. The first-order valence-corrected chi connectivity index (χ1v) is 18.0. The zero-order chi connectivity index (χ0) is 30.7. The van der Waals surface area contributed by atoms with Crippen molar-refractivity contribution in [3.05, 3.63) is 58.3 Å². The van der Waals surface area contributed by atoms with Crippen LogP contribution in [-0.4, -0.2) is 94.9 Å². The standard InChI is InChI=1S/C28H37Cl2FN4O5S2/c1-32(42(39,40)25-7-4-22(31)5-8-25)23-12-16-33(17-13-23)14-3-15-35(24-6-9-26(29)27(30)20-24)28(36)21-10-18-34(19-11-21)41(2,37)38/h4-9,20-21,23H,3,10-19H2,1-2H3. The van der Waals surface area contributed by atoms with Gasteiger partial charge in [-0.05, 0) is 94.2 Å². The average Bonchev–Trinajstić information content (AvgIpc) is 2.96. The number of hydrogen-bond acceptors (Lipinski definition) is 6. The lowest BCUT2D eigenvalue weighted by Gasteiger charge is -2.37. The highest BCUT2D eigenvalue weighted by Gasteiger charge is 2.33. The van der Waals surface area contributed by atoms with Gasteiger partial charge >= 0.3 is 0 Å². The van der Waals surface area contributed by atoms with Crippen LogP contribution in [0.4, 0.5) is 10.1 Å². The van der Waals surface area contributed by atoms with Crippen molar-refractivity contribution < 1.29 is 26.0 Å². The second-order valence-electron chi connectivity index (χ2n) is 10.9. The van der Waals surface area contributed by atoms with Crippen molar-refractivity contribution in [3.63, 3.8) is 0 Å². The number of benzene rings is 2. The quantitative estimate of drug-likeness (QED) is 0.376. The topological polar surface area (TPSA) is 98.3 Å². The SMILES string of the molecule is CN(C1CCN(CCCN(C(=O)C2CCN(S(C)(=O)=O)CC2)c2ccc(Cl)c(Cl)c2)CC1)S(=O)(=O)c1ccc(F)cc1. The summed E-state index contributed by atoms with van der Waals surface area (Å²) < 4.78 is 65.9. The third kappa shape index (κ3) is 8.02. The molecule has 2 aliphatic rings. The molecule has 0 radical (unpaired) electrons. The van der Waals surface area contributed by atoms with E-state index in [2.05, 4.69) is 4.90 Å². The normalized spacial score (nSPS) is 18.4. The molecular weight excluding hydrogens is 626 g/mol. The van der Waals surface area contributed by atoms with Crippen LogP contribution in [0.5, 0.6) is 0 Å². The van der Waals surface area contributed by atoms with E-state index in [1.807, 2.05) is 0 Å². The second kappa shape index (κ2) is 13.9. The Morgan fingerprint density at radius 3 is 2.12 bits per heavy atom. The Balaban J connectivity index is 1.34. The Morgan fingerprint density at radius 2 is 1.55 bits per heavy atom. The Morgan fingerprint density at radius 1 is 0.929 bits per heavy atom. The third-order valence-electron chi connectivity index (χ3n) is 8.17. The molecule has 14 heteroatoms. The minimum absolute atomic E-state index is 0.0622. The lowest BCUT2D eigenvalue weighted by atomic mass is 9.96. The maximum atomic E-state index is 13.7. The van der Waals surface area contributed by atoms with E-state index in [0.29, 0.717) is 80.6 Å². The number of amides is 1. The summed E-state index contributed by atoms with van der Waals surface area (Å²) in [5.41, 5.74) is 0.645. The highest BCUT2D eigenvalue weighted by molar-refractivity contribution is 7.89. The molecule has 0 unspecified atom stereocenters. The molecule has 0 aromatic heterocycles.